The standard InChI is InChI=1S/C11H14N2O4/c1-2-12-9(15)6-13-11(17)7-4-3-5-8(14)10(7)16/h3-5,14,16H,2,6H2,1H3,(H,12,15)(H,13,17). The van der Waals surface area contributed by atoms with E-state index in [9.17, 15) is 19.8 Å². The molecule has 0 aliphatic rings. The highest BCUT2D eigenvalue weighted by atomic mass is 16.3. The van der Waals surface area contributed by atoms with E-state index in [1.165, 1.54) is 18.2 Å². The van der Waals surface area contributed by atoms with Crippen LogP contribution in [0, 0.1) is 0 Å². The van der Waals surface area contributed by atoms with E-state index in [0.29, 0.717) is 6.54 Å². The molecule has 0 aromatic heterocycles. The zero-order valence-corrected chi connectivity index (χ0v) is 9.36. The Balaban J connectivity index is 2.64. The molecule has 4 N–H and O–H groups in total. The van der Waals surface area contributed by atoms with Crippen molar-refractivity contribution in [2.45, 2.75) is 6.92 Å². The molecule has 1 rings (SSSR count). The fraction of sp³-hybridized carbons (Fsp3) is 0.273. The quantitative estimate of drug-likeness (QED) is 0.553. The summed E-state index contributed by atoms with van der Waals surface area (Å²) in [6.45, 7) is 2.06. The van der Waals surface area contributed by atoms with Gasteiger partial charge in [0.1, 0.15) is 0 Å². The number of likely N-dealkylation sites (N-methyl/N-ethyl adjacent to an activating group) is 1. The molecule has 0 saturated heterocycles. The Hall–Kier alpha value is -2.24. The van der Waals surface area contributed by atoms with Crippen molar-refractivity contribution in [3.05, 3.63) is 23.8 Å². The molecule has 17 heavy (non-hydrogen) atoms. The Labute approximate surface area is 98.3 Å². The summed E-state index contributed by atoms with van der Waals surface area (Å²) < 4.78 is 0. The van der Waals surface area contributed by atoms with Gasteiger partial charge in [0.15, 0.2) is 11.5 Å². The first-order chi connectivity index (χ1) is 8.06. The van der Waals surface area contributed by atoms with Gasteiger partial charge >= 0.3 is 0 Å². The number of carbonyl (C=O) groups excluding carboxylic acids is 2. The van der Waals surface area contributed by atoms with Crippen LogP contribution < -0.4 is 10.6 Å². The van der Waals surface area contributed by atoms with Gasteiger partial charge in [0, 0.05) is 6.54 Å². The first-order valence-corrected chi connectivity index (χ1v) is 5.12. The average molecular weight is 238 g/mol. The molecule has 1 aromatic rings. The molecule has 6 heteroatoms. The molecule has 0 aliphatic heterocycles. The second-order valence-electron chi connectivity index (χ2n) is 3.31. The third kappa shape index (κ3) is 3.37. The number of hydrogen-bond donors (Lipinski definition) is 4. The van der Waals surface area contributed by atoms with E-state index < -0.39 is 11.7 Å². The fourth-order valence-corrected chi connectivity index (χ4v) is 1.23. The lowest BCUT2D eigenvalue weighted by atomic mass is 10.1. The summed E-state index contributed by atoms with van der Waals surface area (Å²) in [7, 11) is 0. The molecule has 0 saturated carbocycles. The van der Waals surface area contributed by atoms with Gasteiger partial charge in [-0.05, 0) is 19.1 Å². The molecule has 0 unspecified atom stereocenters. The number of carbonyl (C=O) groups is 2. The number of benzene rings is 1. The van der Waals surface area contributed by atoms with Crippen LogP contribution in [0.1, 0.15) is 17.3 Å². The molecule has 1 aromatic carbocycles. The molecule has 0 aliphatic carbocycles. The molecular weight excluding hydrogens is 224 g/mol. The molecule has 0 heterocycles. The maximum atomic E-state index is 11.6. The van der Waals surface area contributed by atoms with Crippen molar-refractivity contribution >= 4 is 11.8 Å². The van der Waals surface area contributed by atoms with Gasteiger partial charge in [-0.25, -0.2) is 0 Å². The van der Waals surface area contributed by atoms with Gasteiger partial charge in [-0.2, -0.15) is 0 Å². The minimum Gasteiger partial charge on any atom is -0.504 e. The second kappa shape index (κ2) is 5.74. The highest BCUT2D eigenvalue weighted by Gasteiger charge is 2.14. The van der Waals surface area contributed by atoms with Crippen LogP contribution in [-0.2, 0) is 4.79 Å². The number of rotatable bonds is 4. The molecule has 0 bridgehead atoms. The Kier molecular flexibility index (Phi) is 4.33. The van der Waals surface area contributed by atoms with E-state index in [-0.39, 0.29) is 23.8 Å². The lowest BCUT2D eigenvalue weighted by Gasteiger charge is -2.07. The first-order valence-electron chi connectivity index (χ1n) is 5.12. The molecule has 92 valence electrons. The number of hydrogen-bond acceptors (Lipinski definition) is 4. The zero-order valence-electron chi connectivity index (χ0n) is 9.36. The van der Waals surface area contributed by atoms with Crippen LogP contribution in [0.5, 0.6) is 11.5 Å². The summed E-state index contributed by atoms with van der Waals surface area (Å²) in [4.78, 5) is 22.7. The summed E-state index contributed by atoms with van der Waals surface area (Å²) in [5.41, 5.74) is -0.0747. The molecule has 0 fully saturated rings. The van der Waals surface area contributed by atoms with Crippen molar-refractivity contribution in [1.29, 1.82) is 0 Å². The number of nitrogens with one attached hydrogen (secondary N) is 2. The van der Waals surface area contributed by atoms with Crippen LogP contribution in [0.4, 0.5) is 0 Å². The monoisotopic (exact) mass is 238 g/mol. The van der Waals surface area contributed by atoms with E-state index in [0.717, 1.165) is 0 Å². The van der Waals surface area contributed by atoms with Crippen molar-refractivity contribution < 1.29 is 19.8 Å². The molecule has 2 amide bonds. The number of para-hydroxylation sites is 1. The molecule has 0 radical (unpaired) electrons. The van der Waals surface area contributed by atoms with E-state index in [1.54, 1.807) is 6.92 Å². The van der Waals surface area contributed by atoms with Gasteiger partial charge in [0.05, 0.1) is 12.1 Å². The van der Waals surface area contributed by atoms with E-state index in [1.807, 2.05) is 0 Å². The largest absolute Gasteiger partial charge is 0.504 e. The lowest BCUT2D eigenvalue weighted by molar-refractivity contribution is -0.120. The SMILES string of the molecule is CCNC(=O)CNC(=O)c1cccc(O)c1O. The van der Waals surface area contributed by atoms with E-state index in [2.05, 4.69) is 10.6 Å². The second-order valence-corrected chi connectivity index (χ2v) is 3.31. The molecule has 6 nitrogen and oxygen atoms in total. The van der Waals surface area contributed by atoms with E-state index in [4.69, 9.17) is 0 Å². The smallest absolute Gasteiger partial charge is 0.255 e. The van der Waals surface area contributed by atoms with Gasteiger partial charge in [-0.3, -0.25) is 9.59 Å². The van der Waals surface area contributed by atoms with Crippen LogP contribution in [0.2, 0.25) is 0 Å². The third-order valence-corrected chi connectivity index (χ3v) is 2.04. The topological polar surface area (TPSA) is 98.7 Å². The minimum atomic E-state index is -0.621. The van der Waals surface area contributed by atoms with Crippen molar-refractivity contribution in [3.8, 4) is 11.5 Å². The Morgan fingerprint density at radius 1 is 1.24 bits per heavy atom. The number of phenols is 2. The summed E-state index contributed by atoms with van der Waals surface area (Å²) in [5, 5.41) is 23.5. The molecule has 0 atom stereocenters. The van der Waals surface area contributed by atoms with Gasteiger partial charge in [0.2, 0.25) is 5.91 Å². The highest BCUT2D eigenvalue weighted by molar-refractivity contribution is 5.99. The third-order valence-electron chi connectivity index (χ3n) is 2.04. The Morgan fingerprint density at radius 3 is 2.59 bits per heavy atom. The van der Waals surface area contributed by atoms with Crippen LogP contribution in [0.25, 0.3) is 0 Å². The van der Waals surface area contributed by atoms with Crippen LogP contribution in [0.3, 0.4) is 0 Å². The lowest BCUT2D eigenvalue weighted by Crippen LogP contribution is -2.36. The average Bonchev–Trinajstić information content (AvgIpc) is 2.30. The molecular formula is C11H14N2O4. The van der Waals surface area contributed by atoms with Gasteiger partial charge < -0.3 is 20.8 Å². The van der Waals surface area contributed by atoms with Gasteiger partial charge in [-0.1, -0.05) is 6.07 Å². The van der Waals surface area contributed by atoms with Crippen LogP contribution in [-0.4, -0.2) is 35.1 Å². The maximum absolute atomic E-state index is 11.6. The van der Waals surface area contributed by atoms with Crippen LogP contribution in [0.15, 0.2) is 18.2 Å². The number of phenolic OH excluding ortho intramolecular Hbond substituents is 2. The predicted molar refractivity (Wildman–Crippen MR) is 60.8 cm³/mol. The van der Waals surface area contributed by atoms with Crippen molar-refractivity contribution in [2.24, 2.45) is 0 Å². The number of aromatic hydroxyl groups is 2. The normalized spacial score (nSPS) is 9.71. The summed E-state index contributed by atoms with van der Waals surface area (Å²) in [5.74, 6) is -1.82. The summed E-state index contributed by atoms with van der Waals surface area (Å²) in [6, 6.07) is 4.04. The maximum Gasteiger partial charge on any atom is 0.255 e. The first kappa shape index (κ1) is 12.8. The summed E-state index contributed by atoms with van der Waals surface area (Å²) in [6.07, 6.45) is 0. The van der Waals surface area contributed by atoms with Gasteiger partial charge in [0.25, 0.3) is 5.91 Å². The van der Waals surface area contributed by atoms with Crippen molar-refractivity contribution in [1.82, 2.24) is 10.6 Å². The Bertz CT molecular complexity index is 431. The van der Waals surface area contributed by atoms with Crippen LogP contribution >= 0.6 is 0 Å². The highest BCUT2D eigenvalue weighted by Crippen LogP contribution is 2.27. The molecule has 0 spiro atoms. The van der Waals surface area contributed by atoms with Crippen molar-refractivity contribution in [3.63, 3.8) is 0 Å². The zero-order chi connectivity index (χ0) is 12.8. The van der Waals surface area contributed by atoms with Crippen molar-refractivity contribution in [2.75, 3.05) is 13.1 Å². The van der Waals surface area contributed by atoms with Gasteiger partial charge in [-0.15, -0.1) is 0 Å². The minimum absolute atomic E-state index is 0.0747. The Morgan fingerprint density at radius 2 is 1.94 bits per heavy atom. The van der Waals surface area contributed by atoms with E-state index >= 15 is 0 Å². The summed E-state index contributed by atoms with van der Waals surface area (Å²) >= 11 is 0. The fourth-order valence-electron chi connectivity index (χ4n) is 1.23. The number of amides is 2. The predicted octanol–water partition coefficient (Wildman–Crippen LogP) is -0.0363.